The minimum atomic E-state index is -1.19. The number of amides is 2. The number of rotatable bonds is 10. The van der Waals surface area contributed by atoms with Crippen LogP contribution in [-0.4, -0.2) is 56.4 Å². The fourth-order valence-electron chi connectivity index (χ4n) is 1.87. The van der Waals surface area contributed by atoms with Crippen LogP contribution in [0.4, 0.5) is 0 Å². The van der Waals surface area contributed by atoms with E-state index < -0.39 is 30.4 Å². The van der Waals surface area contributed by atoms with Gasteiger partial charge in [0.25, 0.3) is 11.8 Å². The van der Waals surface area contributed by atoms with E-state index in [-0.39, 0.29) is 35.1 Å². The van der Waals surface area contributed by atoms with Crippen molar-refractivity contribution in [3.8, 4) is 11.5 Å². The average molecular weight is 375 g/mol. The molecule has 0 aliphatic rings. The van der Waals surface area contributed by atoms with E-state index in [0.29, 0.717) is 0 Å². The molecule has 10 heteroatoms. The van der Waals surface area contributed by atoms with Gasteiger partial charge in [0.15, 0.2) is 18.1 Å². The number of primary amides is 1. The normalized spacial score (nSPS) is 11.5. The Morgan fingerprint density at radius 1 is 1.32 bits per heavy atom. The van der Waals surface area contributed by atoms with Gasteiger partial charge in [-0.3, -0.25) is 9.59 Å². The standard InChI is InChI=1S/C15H19ClN2O7/c1-23-4-3-10(15(21)22)18-14(20)8-5-9(16)13(11(6-8)24-2)25-7-12(17)19/h5-6,10H,3-4,7H2,1-2H3,(H2,17,19)(H,18,20)(H,21,22). The van der Waals surface area contributed by atoms with Crippen molar-refractivity contribution < 1.29 is 33.7 Å². The van der Waals surface area contributed by atoms with Crippen molar-refractivity contribution in [2.75, 3.05) is 27.4 Å². The average Bonchev–Trinajstić information content (AvgIpc) is 2.55. The zero-order valence-corrected chi connectivity index (χ0v) is 14.5. The highest BCUT2D eigenvalue weighted by molar-refractivity contribution is 6.32. The number of carboxylic acids is 1. The molecule has 1 unspecified atom stereocenters. The van der Waals surface area contributed by atoms with Crippen molar-refractivity contribution in [3.63, 3.8) is 0 Å². The van der Waals surface area contributed by atoms with Gasteiger partial charge >= 0.3 is 5.97 Å². The van der Waals surface area contributed by atoms with Gasteiger partial charge in [-0.15, -0.1) is 0 Å². The second-order valence-electron chi connectivity index (χ2n) is 4.89. The number of nitrogens with two attached hydrogens (primary N) is 1. The first kappa shape index (κ1) is 20.5. The minimum Gasteiger partial charge on any atom is -0.493 e. The van der Waals surface area contributed by atoms with Crippen LogP contribution in [0.1, 0.15) is 16.8 Å². The molecule has 1 aromatic rings. The van der Waals surface area contributed by atoms with Crippen LogP contribution in [0.5, 0.6) is 11.5 Å². The van der Waals surface area contributed by atoms with Gasteiger partial charge < -0.3 is 30.4 Å². The molecule has 9 nitrogen and oxygen atoms in total. The molecule has 0 bridgehead atoms. The Morgan fingerprint density at radius 2 is 2.00 bits per heavy atom. The summed E-state index contributed by atoms with van der Waals surface area (Å²) >= 11 is 6.05. The molecule has 138 valence electrons. The summed E-state index contributed by atoms with van der Waals surface area (Å²) in [7, 11) is 2.75. The zero-order chi connectivity index (χ0) is 19.0. The van der Waals surface area contributed by atoms with E-state index in [1.807, 2.05) is 0 Å². The third kappa shape index (κ3) is 6.12. The Hall–Kier alpha value is -2.52. The molecule has 25 heavy (non-hydrogen) atoms. The van der Waals surface area contributed by atoms with Gasteiger partial charge in [-0.2, -0.15) is 0 Å². The number of hydrogen-bond donors (Lipinski definition) is 3. The lowest BCUT2D eigenvalue weighted by molar-refractivity contribution is -0.139. The van der Waals surface area contributed by atoms with Crippen LogP contribution in [-0.2, 0) is 14.3 Å². The van der Waals surface area contributed by atoms with Crippen LogP contribution >= 0.6 is 11.6 Å². The van der Waals surface area contributed by atoms with Gasteiger partial charge in [-0.1, -0.05) is 11.6 Å². The molecule has 0 aromatic heterocycles. The highest BCUT2D eigenvalue weighted by Crippen LogP contribution is 2.36. The van der Waals surface area contributed by atoms with Gasteiger partial charge in [0.2, 0.25) is 0 Å². The highest BCUT2D eigenvalue weighted by atomic mass is 35.5. The van der Waals surface area contributed by atoms with Gasteiger partial charge in [0.05, 0.1) is 12.1 Å². The molecular weight excluding hydrogens is 356 g/mol. The van der Waals surface area contributed by atoms with Crippen LogP contribution in [0.15, 0.2) is 12.1 Å². The molecule has 0 fully saturated rings. The van der Waals surface area contributed by atoms with E-state index >= 15 is 0 Å². The molecule has 0 saturated heterocycles. The molecule has 0 heterocycles. The molecule has 1 rings (SSSR count). The van der Waals surface area contributed by atoms with E-state index in [1.54, 1.807) is 0 Å². The van der Waals surface area contributed by atoms with Crippen molar-refractivity contribution in [1.82, 2.24) is 5.32 Å². The van der Waals surface area contributed by atoms with Gasteiger partial charge in [-0.25, -0.2) is 4.79 Å². The molecule has 0 spiro atoms. The summed E-state index contributed by atoms with van der Waals surface area (Å²) in [6.07, 6.45) is 0.0995. The summed E-state index contributed by atoms with van der Waals surface area (Å²) in [5.41, 5.74) is 5.07. The van der Waals surface area contributed by atoms with E-state index in [4.69, 9.17) is 36.7 Å². The summed E-state index contributed by atoms with van der Waals surface area (Å²) in [5.74, 6) is -2.41. The monoisotopic (exact) mass is 374 g/mol. The van der Waals surface area contributed by atoms with E-state index in [9.17, 15) is 14.4 Å². The molecule has 0 aliphatic heterocycles. The molecule has 1 atom stereocenters. The number of halogens is 1. The Balaban J connectivity index is 3.00. The number of nitrogens with one attached hydrogen (secondary N) is 1. The van der Waals surface area contributed by atoms with Gasteiger partial charge in [0, 0.05) is 25.7 Å². The SMILES string of the molecule is COCCC(NC(=O)c1cc(Cl)c(OCC(N)=O)c(OC)c1)C(=O)O. The maximum atomic E-state index is 12.3. The number of carbonyl (C=O) groups excluding carboxylic acids is 2. The lowest BCUT2D eigenvalue weighted by Crippen LogP contribution is -2.41. The number of benzene rings is 1. The predicted octanol–water partition coefficient (Wildman–Crippen LogP) is 0.432. The number of ether oxygens (including phenoxy) is 3. The molecule has 1 aromatic carbocycles. The molecule has 0 saturated carbocycles. The van der Waals surface area contributed by atoms with Crippen LogP contribution < -0.4 is 20.5 Å². The Morgan fingerprint density at radius 3 is 2.52 bits per heavy atom. The van der Waals surface area contributed by atoms with Crippen molar-refractivity contribution in [2.24, 2.45) is 5.73 Å². The second kappa shape index (κ2) is 9.70. The first-order chi connectivity index (χ1) is 11.8. The van der Waals surface area contributed by atoms with Crippen LogP contribution in [0.25, 0.3) is 0 Å². The lowest BCUT2D eigenvalue weighted by atomic mass is 10.1. The predicted molar refractivity (Wildman–Crippen MR) is 88.1 cm³/mol. The molecule has 0 aliphatic carbocycles. The van der Waals surface area contributed by atoms with Gasteiger partial charge in [0.1, 0.15) is 6.04 Å². The summed E-state index contributed by atoms with van der Waals surface area (Å²) in [4.78, 5) is 34.3. The zero-order valence-electron chi connectivity index (χ0n) is 13.7. The van der Waals surface area contributed by atoms with Crippen molar-refractivity contribution in [2.45, 2.75) is 12.5 Å². The third-order valence-electron chi connectivity index (χ3n) is 3.06. The quantitative estimate of drug-likeness (QED) is 0.540. The topological polar surface area (TPSA) is 137 Å². The molecule has 2 amide bonds. The Bertz CT molecular complexity index is 651. The first-order valence-electron chi connectivity index (χ1n) is 7.11. The van der Waals surface area contributed by atoms with Crippen molar-refractivity contribution in [3.05, 3.63) is 22.7 Å². The van der Waals surface area contributed by atoms with E-state index in [0.717, 1.165) is 0 Å². The number of carboxylic acid groups (broad SMARTS) is 1. The van der Waals surface area contributed by atoms with Crippen LogP contribution in [0.2, 0.25) is 5.02 Å². The second-order valence-corrected chi connectivity index (χ2v) is 5.30. The molecular formula is C15H19ClN2O7. The van der Waals surface area contributed by atoms with Crippen LogP contribution in [0, 0.1) is 0 Å². The summed E-state index contributed by atoms with van der Waals surface area (Å²) in [5, 5.41) is 11.5. The Labute approximate surface area is 149 Å². The number of carbonyl (C=O) groups is 3. The Kier molecular flexibility index (Phi) is 7.96. The number of methoxy groups -OCH3 is 2. The van der Waals surface area contributed by atoms with E-state index in [2.05, 4.69) is 5.32 Å². The number of hydrogen-bond acceptors (Lipinski definition) is 6. The maximum absolute atomic E-state index is 12.3. The summed E-state index contributed by atoms with van der Waals surface area (Å²) in [6.45, 7) is -0.249. The fourth-order valence-corrected chi connectivity index (χ4v) is 2.13. The van der Waals surface area contributed by atoms with E-state index in [1.165, 1.54) is 26.4 Å². The van der Waals surface area contributed by atoms with Crippen molar-refractivity contribution in [1.29, 1.82) is 0 Å². The molecule has 0 radical (unpaired) electrons. The highest BCUT2D eigenvalue weighted by Gasteiger charge is 2.22. The maximum Gasteiger partial charge on any atom is 0.326 e. The lowest BCUT2D eigenvalue weighted by Gasteiger charge is -2.16. The smallest absolute Gasteiger partial charge is 0.326 e. The summed E-state index contributed by atoms with van der Waals surface area (Å²) in [6, 6.07) is 1.46. The number of aliphatic carboxylic acids is 1. The van der Waals surface area contributed by atoms with Crippen molar-refractivity contribution >= 4 is 29.4 Å². The first-order valence-corrected chi connectivity index (χ1v) is 7.49. The summed E-state index contributed by atoms with van der Waals surface area (Å²) < 4.78 is 15.1. The minimum absolute atomic E-state index is 0.00881. The van der Waals surface area contributed by atoms with Gasteiger partial charge in [-0.05, 0) is 12.1 Å². The largest absolute Gasteiger partial charge is 0.493 e. The third-order valence-corrected chi connectivity index (χ3v) is 3.35. The van der Waals surface area contributed by atoms with Crippen LogP contribution in [0.3, 0.4) is 0 Å². The molecule has 4 N–H and O–H groups in total. The fraction of sp³-hybridized carbons (Fsp3) is 0.400.